The average Bonchev–Trinajstić information content (AvgIpc) is 2.67. The van der Waals surface area contributed by atoms with Crippen molar-refractivity contribution < 1.29 is 13.2 Å². The lowest BCUT2D eigenvalue weighted by Crippen LogP contribution is -2.39. The minimum atomic E-state index is -4.58. The summed E-state index contributed by atoms with van der Waals surface area (Å²) >= 11 is 5.29. The second-order valence-corrected chi connectivity index (χ2v) is 8.42. The van der Waals surface area contributed by atoms with Crippen LogP contribution in [0.4, 0.5) is 24.9 Å². The molecule has 1 fully saturated rings. The van der Waals surface area contributed by atoms with Crippen LogP contribution in [0, 0.1) is 11.8 Å². The summed E-state index contributed by atoms with van der Waals surface area (Å²) < 4.78 is 40.4. The molecule has 3 unspecified atom stereocenters. The van der Waals surface area contributed by atoms with Gasteiger partial charge in [0.25, 0.3) is 0 Å². The number of halogens is 3. The summed E-state index contributed by atoms with van der Waals surface area (Å²) in [6, 6.07) is 10.5. The van der Waals surface area contributed by atoms with E-state index in [2.05, 4.69) is 34.4 Å². The van der Waals surface area contributed by atoms with Crippen molar-refractivity contribution in [2.75, 3.05) is 23.3 Å². The number of nitrogens with zero attached hydrogens (tertiary/aromatic N) is 3. The fourth-order valence-electron chi connectivity index (χ4n) is 3.81. The summed E-state index contributed by atoms with van der Waals surface area (Å²) in [5.74, 6) is 0.855. The Balaban J connectivity index is 1.80. The Labute approximate surface area is 180 Å². The first-order valence-electron chi connectivity index (χ1n) is 9.95. The Morgan fingerprint density at radius 2 is 1.77 bits per heavy atom. The number of anilines is 2. The molecular weight excluding hydrogens is 411 g/mol. The summed E-state index contributed by atoms with van der Waals surface area (Å²) in [4.78, 5) is 9.88. The summed E-state index contributed by atoms with van der Waals surface area (Å²) in [5, 5.41) is 5.95. The first-order valence-corrected chi connectivity index (χ1v) is 10.4. The lowest BCUT2D eigenvalue weighted by atomic mass is 9.92. The van der Waals surface area contributed by atoms with Crippen LogP contribution in [0.5, 0.6) is 0 Å². The Hall–Kier alpha value is -2.42. The quantitative estimate of drug-likeness (QED) is 0.655. The second-order valence-electron chi connectivity index (χ2n) is 8.01. The molecule has 1 aromatic carbocycles. The molecule has 9 heteroatoms. The zero-order valence-electron chi connectivity index (χ0n) is 17.2. The normalized spacial score (nSPS) is 20.5. The van der Waals surface area contributed by atoms with Crippen molar-refractivity contribution in [2.24, 2.45) is 11.8 Å². The Morgan fingerprint density at radius 3 is 2.37 bits per heavy atom. The van der Waals surface area contributed by atoms with E-state index in [0.717, 1.165) is 18.1 Å². The molecule has 0 saturated carbocycles. The van der Waals surface area contributed by atoms with Crippen LogP contribution in [0.1, 0.15) is 44.5 Å². The molecule has 5 nitrogen and oxygen atoms in total. The SMILES string of the molecule is CC1CC(C)CN(c2cc(C(F)(F)F)nc(NC(=S)NC(C)c3ccccc3)n2)C1. The molecule has 0 radical (unpaired) electrons. The van der Waals surface area contributed by atoms with Crippen molar-refractivity contribution >= 4 is 29.1 Å². The van der Waals surface area contributed by atoms with Gasteiger partial charge in [-0.15, -0.1) is 0 Å². The summed E-state index contributed by atoms with van der Waals surface area (Å²) in [7, 11) is 0. The van der Waals surface area contributed by atoms with Crippen molar-refractivity contribution in [3.63, 3.8) is 0 Å². The van der Waals surface area contributed by atoms with Crippen LogP contribution in [0.25, 0.3) is 0 Å². The van der Waals surface area contributed by atoms with Crippen molar-refractivity contribution in [1.29, 1.82) is 0 Å². The van der Waals surface area contributed by atoms with Crippen LogP contribution < -0.4 is 15.5 Å². The second kappa shape index (κ2) is 9.16. The molecule has 1 aliphatic rings. The first-order chi connectivity index (χ1) is 14.1. The first kappa shape index (κ1) is 22.3. The van der Waals surface area contributed by atoms with Crippen LogP contribution in [-0.2, 0) is 6.18 Å². The minimum Gasteiger partial charge on any atom is -0.356 e. The van der Waals surface area contributed by atoms with Gasteiger partial charge in [-0.1, -0.05) is 44.2 Å². The number of benzene rings is 1. The molecule has 0 spiro atoms. The van der Waals surface area contributed by atoms with Gasteiger partial charge in [-0.25, -0.2) is 4.98 Å². The molecule has 0 aliphatic carbocycles. The van der Waals surface area contributed by atoms with Crippen molar-refractivity contribution in [1.82, 2.24) is 15.3 Å². The van der Waals surface area contributed by atoms with E-state index in [-0.39, 0.29) is 22.9 Å². The fourth-order valence-corrected chi connectivity index (χ4v) is 4.07. The minimum absolute atomic E-state index is 0.125. The standard InChI is InChI=1S/C21H26F3N5S/c1-13-9-14(2)12-29(11-13)18-10-17(21(22,23)24)26-19(27-18)28-20(30)25-15(3)16-7-5-4-6-8-16/h4-8,10,13-15H,9,11-12H2,1-3H3,(H2,25,26,27,28,30). The summed E-state index contributed by atoms with van der Waals surface area (Å²) in [6.45, 7) is 7.42. The molecule has 2 heterocycles. The van der Waals surface area contributed by atoms with E-state index < -0.39 is 11.9 Å². The predicted octanol–water partition coefficient (Wildman–Crippen LogP) is 5.03. The summed E-state index contributed by atoms with van der Waals surface area (Å²) in [5.41, 5.74) is 0.0170. The van der Waals surface area contributed by atoms with Gasteiger partial charge in [-0.3, -0.25) is 0 Å². The van der Waals surface area contributed by atoms with Crippen molar-refractivity contribution in [2.45, 2.75) is 39.4 Å². The number of aromatic nitrogens is 2. The molecule has 1 saturated heterocycles. The molecule has 3 atom stereocenters. The molecule has 30 heavy (non-hydrogen) atoms. The Bertz CT molecular complexity index is 865. The molecule has 0 amide bonds. The number of thiocarbonyl (C=S) groups is 1. The van der Waals surface area contributed by atoms with Crippen LogP contribution in [0.2, 0.25) is 0 Å². The maximum atomic E-state index is 13.5. The lowest BCUT2D eigenvalue weighted by molar-refractivity contribution is -0.141. The van der Waals surface area contributed by atoms with E-state index in [9.17, 15) is 13.2 Å². The number of alkyl halides is 3. The van der Waals surface area contributed by atoms with E-state index in [0.29, 0.717) is 24.9 Å². The third kappa shape index (κ3) is 5.81. The molecule has 1 aromatic heterocycles. The van der Waals surface area contributed by atoms with Crippen LogP contribution >= 0.6 is 12.2 Å². The maximum Gasteiger partial charge on any atom is 0.433 e. The average molecular weight is 438 g/mol. The number of rotatable bonds is 4. The highest BCUT2D eigenvalue weighted by Crippen LogP contribution is 2.32. The Morgan fingerprint density at radius 1 is 1.13 bits per heavy atom. The zero-order valence-corrected chi connectivity index (χ0v) is 18.0. The van der Waals surface area contributed by atoms with E-state index >= 15 is 0 Å². The van der Waals surface area contributed by atoms with Gasteiger partial charge in [0.2, 0.25) is 5.95 Å². The van der Waals surface area contributed by atoms with Crippen molar-refractivity contribution in [3.05, 3.63) is 47.7 Å². The van der Waals surface area contributed by atoms with E-state index in [1.54, 1.807) is 0 Å². The topological polar surface area (TPSA) is 53.1 Å². The Kier molecular flexibility index (Phi) is 6.80. The number of hydrogen-bond acceptors (Lipinski definition) is 4. The highest BCUT2D eigenvalue weighted by Gasteiger charge is 2.35. The van der Waals surface area contributed by atoms with Gasteiger partial charge in [0.05, 0.1) is 6.04 Å². The smallest absolute Gasteiger partial charge is 0.356 e. The molecule has 3 rings (SSSR count). The van der Waals surface area contributed by atoms with Gasteiger partial charge in [0.15, 0.2) is 10.8 Å². The maximum absolute atomic E-state index is 13.5. The van der Waals surface area contributed by atoms with Crippen molar-refractivity contribution in [3.8, 4) is 0 Å². The van der Waals surface area contributed by atoms with Crippen LogP contribution in [0.3, 0.4) is 0 Å². The summed E-state index contributed by atoms with van der Waals surface area (Å²) in [6.07, 6.45) is -3.53. The lowest BCUT2D eigenvalue weighted by Gasteiger charge is -2.36. The van der Waals surface area contributed by atoms with Gasteiger partial charge in [-0.05, 0) is 43.0 Å². The molecular formula is C21H26F3N5S. The highest BCUT2D eigenvalue weighted by molar-refractivity contribution is 7.80. The number of hydrogen-bond donors (Lipinski definition) is 2. The molecule has 0 bridgehead atoms. The fraction of sp³-hybridized carbons (Fsp3) is 0.476. The van der Waals surface area contributed by atoms with E-state index in [1.165, 1.54) is 0 Å². The van der Waals surface area contributed by atoms with Crippen LogP contribution in [-0.4, -0.2) is 28.2 Å². The monoisotopic (exact) mass is 437 g/mol. The number of nitrogens with one attached hydrogen (secondary N) is 2. The molecule has 2 N–H and O–H groups in total. The van der Waals surface area contributed by atoms with E-state index in [1.807, 2.05) is 42.2 Å². The third-order valence-electron chi connectivity index (χ3n) is 5.07. The molecule has 2 aromatic rings. The van der Waals surface area contributed by atoms with Crippen LogP contribution in [0.15, 0.2) is 36.4 Å². The highest BCUT2D eigenvalue weighted by atomic mass is 32.1. The number of piperidine rings is 1. The largest absolute Gasteiger partial charge is 0.433 e. The molecule has 1 aliphatic heterocycles. The van der Waals surface area contributed by atoms with E-state index in [4.69, 9.17) is 12.2 Å². The van der Waals surface area contributed by atoms with Gasteiger partial charge >= 0.3 is 6.18 Å². The zero-order chi connectivity index (χ0) is 21.9. The third-order valence-corrected chi connectivity index (χ3v) is 5.29. The van der Waals surface area contributed by atoms with Gasteiger partial charge in [-0.2, -0.15) is 18.2 Å². The molecule has 162 valence electrons. The van der Waals surface area contributed by atoms with Gasteiger partial charge in [0.1, 0.15) is 5.82 Å². The predicted molar refractivity (Wildman–Crippen MR) is 116 cm³/mol. The van der Waals surface area contributed by atoms with Gasteiger partial charge < -0.3 is 15.5 Å². The van der Waals surface area contributed by atoms with Gasteiger partial charge in [0, 0.05) is 19.2 Å².